The Balaban J connectivity index is 1.93. The molecule has 0 aliphatic heterocycles. The maximum atomic E-state index is 11.8. The average Bonchev–Trinajstić information content (AvgIpc) is 3.07. The van der Waals surface area contributed by atoms with Crippen LogP contribution in [-0.2, 0) is 0 Å². The largest absolute Gasteiger partial charge is 0.351 e. The molecule has 0 radical (unpaired) electrons. The van der Waals surface area contributed by atoms with Crippen LogP contribution in [0.1, 0.15) is 23.2 Å². The van der Waals surface area contributed by atoms with Crippen molar-refractivity contribution in [2.75, 3.05) is 12.8 Å². The van der Waals surface area contributed by atoms with Gasteiger partial charge in [0.2, 0.25) is 0 Å². The molecular weight excluding hydrogens is 286 g/mol. The Morgan fingerprint density at radius 2 is 2.31 bits per heavy atom. The van der Waals surface area contributed by atoms with Crippen molar-refractivity contribution in [3.05, 3.63) is 34.3 Å². The van der Waals surface area contributed by atoms with Gasteiger partial charge in [0.25, 0.3) is 5.91 Å². The number of carbonyl (C=O) groups is 1. The van der Waals surface area contributed by atoms with Gasteiger partial charge in [0.15, 0.2) is 0 Å². The van der Waals surface area contributed by atoms with E-state index in [4.69, 9.17) is 0 Å². The molecule has 0 atom stereocenters. The second-order valence-corrected chi connectivity index (χ2v) is 6.27. The van der Waals surface area contributed by atoms with E-state index in [1.54, 1.807) is 0 Å². The molecule has 1 aromatic carbocycles. The highest BCUT2D eigenvalue weighted by molar-refractivity contribution is 9.10. The van der Waals surface area contributed by atoms with E-state index in [-0.39, 0.29) is 5.91 Å². The Hall–Kier alpha value is -0.480. The Morgan fingerprint density at radius 3 is 2.88 bits per heavy atom. The van der Waals surface area contributed by atoms with Crippen LogP contribution in [0.15, 0.2) is 28.7 Å². The van der Waals surface area contributed by atoms with Gasteiger partial charge in [0.05, 0.1) is 0 Å². The van der Waals surface area contributed by atoms with Crippen LogP contribution in [0.4, 0.5) is 0 Å². The highest BCUT2D eigenvalue weighted by Crippen LogP contribution is 2.46. The van der Waals surface area contributed by atoms with E-state index in [1.807, 2.05) is 36.0 Å². The van der Waals surface area contributed by atoms with Crippen molar-refractivity contribution in [1.82, 2.24) is 5.32 Å². The van der Waals surface area contributed by atoms with Gasteiger partial charge >= 0.3 is 0 Å². The third-order valence-corrected chi connectivity index (χ3v) is 4.81. The van der Waals surface area contributed by atoms with Crippen molar-refractivity contribution in [2.45, 2.75) is 17.6 Å². The minimum atomic E-state index is 0.0154. The lowest BCUT2D eigenvalue weighted by atomic mass is 10.2. The number of benzene rings is 1. The van der Waals surface area contributed by atoms with E-state index in [1.165, 1.54) is 12.8 Å². The van der Waals surface area contributed by atoms with Gasteiger partial charge in [0.1, 0.15) is 0 Å². The standard InChI is InChI=1S/C12H14BrNOS/c1-16-12(5-6-12)8-14-11(15)9-3-2-4-10(13)7-9/h2-4,7H,5-6,8H2,1H3,(H,14,15). The Morgan fingerprint density at radius 1 is 1.56 bits per heavy atom. The normalized spacial score (nSPS) is 16.9. The molecule has 1 N–H and O–H groups in total. The zero-order valence-electron chi connectivity index (χ0n) is 9.13. The zero-order valence-corrected chi connectivity index (χ0v) is 11.5. The summed E-state index contributed by atoms with van der Waals surface area (Å²) in [4.78, 5) is 11.8. The summed E-state index contributed by atoms with van der Waals surface area (Å²) in [7, 11) is 0. The lowest BCUT2D eigenvalue weighted by Crippen LogP contribution is -2.31. The highest BCUT2D eigenvalue weighted by atomic mass is 79.9. The molecule has 1 saturated carbocycles. The summed E-state index contributed by atoms with van der Waals surface area (Å²) >= 11 is 5.22. The number of amides is 1. The minimum Gasteiger partial charge on any atom is -0.351 e. The van der Waals surface area contributed by atoms with Crippen molar-refractivity contribution >= 4 is 33.6 Å². The Bertz CT molecular complexity index is 404. The molecule has 0 heterocycles. The zero-order chi connectivity index (χ0) is 11.6. The van der Waals surface area contributed by atoms with E-state index in [0.29, 0.717) is 10.3 Å². The fourth-order valence-corrected chi connectivity index (χ4v) is 2.69. The van der Waals surface area contributed by atoms with E-state index in [0.717, 1.165) is 11.0 Å². The third kappa shape index (κ3) is 2.80. The summed E-state index contributed by atoms with van der Waals surface area (Å²) in [5, 5.41) is 3.00. The smallest absolute Gasteiger partial charge is 0.251 e. The molecule has 1 aliphatic carbocycles. The van der Waals surface area contributed by atoms with Gasteiger partial charge in [-0.1, -0.05) is 22.0 Å². The second-order valence-electron chi connectivity index (χ2n) is 4.08. The molecule has 2 nitrogen and oxygen atoms in total. The van der Waals surface area contributed by atoms with Crippen molar-refractivity contribution in [3.8, 4) is 0 Å². The third-order valence-electron chi connectivity index (χ3n) is 2.90. The van der Waals surface area contributed by atoms with E-state index >= 15 is 0 Å². The van der Waals surface area contributed by atoms with Crippen molar-refractivity contribution in [3.63, 3.8) is 0 Å². The summed E-state index contributed by atoms with van der Waals surface area (Å²) in [6.07, 6.45) is 4.54. The molecule has 1 fully saturated rings. The molecule has 2 rings (SSSR count). The molecule has 86 valence electrons. The second kappa shape index (κ2) is 4.80. The lowest BCUT2D eigenvalue weighted by Gasteiger charge is -2.13. The van der Waals surface area contributed by atoms with Crippen LogP contribution in [0.2, 0.25) is 0 Å². The van der Waals surface area contributed by atoms with Crippen LogP contribution in [0.25, 0.3) is 0 Å². The molecule has 0 spiro atoms. The first kappa shape index (κ1) is 12.0. The van der Waals surface area contributed by atoms with Crippen LogP contribution in [0.5, 0.6) is 0 Å². The van der Waals surface area contributed by atoms with Crippen molar-refractivity contribution in [1.29, 1.82) is 0 Å². The molecular formula is C12H14BrNOS. The molecule has 0 aromatic heterocycles. The maximum absolute atomic E-state index is 11.8. The number of hydrogen-bond acceptors (Lipinski definition) is 2. The molecule has 1 aliphatic rings. The Kier molecular flexibility index (Phi) is 3.60. The molecule has 0 unspecified atom stereocenters. The number of nitrogens with one attached hydrogen (secondary N) is 1. The number of halogens is 1. The first-order valence-electron chi connectivity index (χ1n) is 5.24. The van der Waals surface area contributed by atoms with Gasteiger partial charge in [-0.2, -0.15) is 11.8 Å². The van der Waals surface area contributed by atoms with Gasteiger partial charge in [-0.15, -0.1) is 0 Å². The van der Waals surface area contributed by atoms with Crippen LogP contribution in [-0.4, -0.2) is 23.5 Å². The number of rotatable bonds is 4. The van der Waals surface area contributed by atoms with Crippen molar-refractivity contribution < 1.29 is 4.79 Å². The van der Waals surface area contributed by atoms with Crippen LogP contribution in [0, 0.1) is 0 Å². The highest BCUT2D eigenvalue weighted by Gasteiger charge is 2.41. The van der Waals surface area contributed by atoms with Crippen LogP contribution >= 0.6 is 27.7 Å². The first-order chi connectivity index (χ1) is 7.65. The van der Waals surface area contributed by atoms with Gasteiger partial charge < -0.3 is 5.32 Å². The number of carbonyl (C=O) groups excluding carboxylic acids is 1. The molecule has 4 heteroatoms. The first-order valence-corrected chi connectivity index (χ1v) is 7.26. The monoisotopic (exact) mass is 299 g/mol. The van der Waals surface area contributed by atoms with Crippen molar-refractivity contribution in [2.24, 2.45) is 0 Å². The number of thioether (sulfide) groups is 1. The SMILES string of the molecule is CSC1(CNC(=O)c2cccc(Br)c2)CC1. The summed E-state index contributed by atoms with van der Waals surface area (Å²) in [6.45, 7) is 0.777. The van der Waals surface area contributed by atoms with E-state index in [9.17, 15) is 4.79 Å². The molecule has 0 saturated heterocycles. The average molecular weight is 300 g/mol. The summed E-state index contributed by atoms with van der Waals surface area (Å²) < 4.78 is 1.26. The summed E-state index contributed by atoms with van der Waals surface area (Å²) in [5.74, 6) is 0.0154. The molecule has 1 aromatic rings. The van der Waals surface area contributed by atoms with E-state index < -0.39 is 0 Å². The van der Waals surface area contributed by atoms with Gasteiger partial charge in [-0.05, 0) is 37.3 Å². The fraction of sp³-hybridized carbons (Fsp3) is 0.417. The predicted molar refractivity (Wildman–Crippen MR) is 72.0 cm³/mol. The predicted octanol–water partition coefficient (Wildman–Crippen LogP) is 3.07. The molecule has 1 amide bonds. The van der Waals surface area contributed by atoms with Gasteiger partial charge in [-0.3, -0.25) is 4.79 Å². The van der Waals surface area contributed by atoms with E-state index in [2.05, 4.69) is 27.5 Å². The fourth-order valence-electron chi connectivity index (χ4n) is 1.57. The summed E-state index contributed by atoms with van der Waals surface area (Å²) in [5.41, 5.74) is 0.714. The summed E-state index contributed by atoms with van der Waals surface area (Å²) in [6, 6.07) is 7.47. The Labute approximate surface area is 108 Å². The van der Waals surface area contributed by atoms with Gasteiger partial charge in [0, 0.05) is 21.3 Å². The maximum Gasteiger partial charge on any atom is 0.251 e. The molecule has 16 heavy (non-hydrogen) atoms. The molecule has 0 bridgehead atoms. The van der Waals surface area contributed by atoms with Crippen LogP contribution in [0.3, 0.4) is 0 Å². The number of hydrogen-bond donors (Lipinski definition) is 1. The van der Waals surface area contributed by atoms with Gasteiger partial charge in [-0.25, -0.2) is 0 Å². The van der Waals surface area contributed by atoms with Crippen LogP contribution < -0.4 is 5.32 Å². The quantitative estimate of drug-likeness (QED) is 0.926. The topological polar surface area (TPSA) is 29.1 Å². The minimum absolute atomic E-state index is 0.0154. The lowest BCUT2D eigenvalue weighted by molar-refractivity contribution is 0.0953.